The van der Waals surface area contributed by atoms with Gasteiger partial charge in [0.2, 0.25) is 0 Å². The fourth-order valence-corrected chi connectivity index (χ4v) is 2.34. The molecule has 3 aromatic rings. The van der Waals surface area contributed by atoms with E-state index in [4.69, 9.17) is 5.11 Å². The molecule has 0 fully saturated rings. The van der Waals surface area contributed by atoms with E-state index in [-0.39, 0.29) is 23.3 Å². The quantitative estimate of drug-likeness (QED) is 0.759. The van der Waals surface area contributed by atoms with Crippen molar-refractivity contribution in [2.75, 3.05) is 0 Å². The summed E-state index contributed by atoms with van der Waals surface area (Å²) < 4.78 is 1.25. The molecule has 22 heavy (non-hydrogen) atoms. The fourth-order valence-electron chi connectivity index (χ4n) is 2.34. The van der Waals surface area contributed by atoms with Gasteiger partial charge in [0.1, 0.15) is 0 Å². The van der Waals surface area contributed by atoms with Crippen LogP contribution in [0.25, 0.3) is 16.9 Å². The van der Waals surface area contributed by atoms with Gasteiger partial charge in [0, 0.05) is 16.8 Å². The lowest BCUT2D eigenvalue weighted by Gasteiger charge is -2.01. The zero-order valence-corrected chi connectivity index (χ0v) is 12.1. The monoisotopic (exact) mass is 298 g/mol. The Morgan fingerprint density at radius 3 is 2.55 bits per heavy atom. The van der Waals surface area contributed by atoms with E-state index in [1.807, 2.05) is 19.1 Å². The van der Waals surface area contributed by atoms with E-state index in [0.29, 0.717) is 16.8 Å². The summed E-state index contributed by atoms with van der Waals surface area (Å²) in [6.07, 6.45) is -0.211. The number of aromatic amines is 1. The van der Waals surface area contributed by atoms with Gasteiger partial charge in [0.15, 0.2) is 11.3 Å². The zero-order valence-electron chi connectivity index (χ0n) is 12.1. The minimum atomic E-state index is -0.985. The first-order valence-corrected chi connectivity index (χ1v) is 6.73. The lowest BCUT2D eigenvalue weighted by atomic mass is 10.1. The second-order valence-corrected chi connectivity index (χ2v) is 5.16. The molecule has 2 heterocycles. The van der Waals surface area contributed by atoms with Gasteiger partial charge in [-0.3, -0.25) is 14.7 Å². The van der Waals surface area contributed by atoms with Gasteiger partial charge in [-0.25, -0.2) is 0 Å². The molecule has 7 nitrogen and oxygen atoms in total. The molecule has 0 amide bonds. The summed E-state index contributed by atoms with van der Waals surface area (Å²) in [5.74, 6) is -0.985. The first-order valence-electron chi connectivity index (χ1n) is 6.73. The molecule has 3 rings (SSSR count). The van der Waals surface area contributed by atoms with Gasteiger partial charge in [-0.2, -0.15) is 4.52 Å². The normalized spacial score (nSPS) is 11.0. The Kier molecular flexibility index (Phi) is 3.25. The SMILES string of the molecule is Cc1ccc(-c2nnc3c(CC(=O)O)c(C)[nH]n3c2=O)cc1. The molecule has 1 aromatic carbocycles. The van der Waals surface area contributed by atoms with Gasteiger partial charge in [-0.05, 0) is 13.8 Å². The third-order valence-electron chi connectivity index (χ3n) is 3.52. The summed E-state index contributed by atoms with van der Waals surface area (Å²) in [5.41, 5.74) is 2.93. The molecule has 0 radical (unpaired) electrons. The van der Waals surface area contributed by atoms with E-state index in [0.717, 1.165) is 5.56 Å². The van der Waals surface area contributed by atoms with Crippen molar-refractivity contribution in [2.24, 2.45) is 0 Å². The Morgan fingerprint density at radius 2 is 1.91 bits per heavy atom. The van der Waals surface area contributed by atoms with Crippen LogP contribution in [-0.2, 0) is 11.2 Å². The molecule has 0 saturated heterocycles. The first-order chi connectivity index (χ1) is 10.5. The van der Waals surface area contributed by atoms with Crippen LogP contribution in [0, 0.1) is 13.8 Å². The number of rotatable bonds is 3. The molecule has 0 aliphatic carbocycles. The van der Waals surface area contributed by atoms with Crippen molar-refractivity contribution in [1.29, 1.82) is 0 Å². The summed E-state index contributed by atoms with van der Waals surface area (Å²) in [6, 6.07) is 7.39. The molecular formula is C15H14N4O3. The number of carbonyl (C=O) groups is 1. The molecule has 0 spiro atoms. The van der Waals surface area contributed by atoms with Gasteiger partial charge in [0.05, 0.1) is 6.42 Å². The van der Waals surface area contributed by atoms with Gasteiger partial charge in [-0.1, -0.05) is 29.8 Å². The van der Waals surface area contributed by atoms with E-state index < -0.39 is 5.97 Å². The number of nitrogens with one attached hydrogen (secondary N) is 1. The number of hydrogen-bond donors (Lipinski definition) is 2. The predicted molar refractivity (Wildman–Crippen MR) is 79.9 cm³/mol. The molecule has 2 N–H and O–H groups in total. The first kappa shape index (κ1) is 14.0. The number of H-pyrrole nitrogens is 1. The highest BCUT2D eigenvalue weighted by molar-refractivity contribution is 5.74. The average Bonchev–Trinajstić information content (AvgIpc) is 2.78. The van der Waals surface area contributed by atoms with Crippen molar-refractivity contribution in [3.63, 3.8) is 0 Å². The summed E-state index contributed by atoms with van der Waals surface area (Å²) in [7, 11) is 0. The second-order valence-electron chi connectivity index (χ2n) is 5.16. The molecule has 0 aliphatic rings. The average molecular weight is 298 g/mol. The highest BCUT2D eigenvalue weighted by Crippen LogP contribution is 2.16. The second kappa shape index (κ2) is 5.10. The molecular weight excluding hydrogens is 284 g/mol. The van der Waals surface area contributed by atoms with E-state index in [9.17, 15) is 9.59 Å². The number of benzene rings is 1. The number of nitrogens with zero attached hydrogens (tertiary/aromatic N) is 3. The van der Waals surface area contributed by atoms with Crippen LogP contribution in [-0.4, -0.2) is 30.9 Å². The Hall–Kier alpha value is -2.96. The number of carboxylic acid groups (broad SMARTS) is 1. The summed E-state index contributed by atoms with van der Waals surface area (Å²) in [4.78, 5) is 23.5. The highest BCUT2D eigenvalue weighted by atomic mass is 16.4. The van der Waals surface area contributed by atoms with E-state index >= 15 is 0 Å². The summed E-state index contributed by atoms with van der Waals surface area (Å²) in [6.45, 7) is 3.66. The maximum atomic E-state index is 12.5. The smallest absolute Gasteiger partial charge is 0.308 e. The Labute approximate surface area is 125 Å². The van der Waals surface area contributed by atoms with Crippen molar-refractivity contribution < 1.29 is 9.90 Å². The molecule has 0 unspecified atom stereocenters. The van der Waals surface area contributed by atoms with Crippen LogP contribution in [0.2, 0.25) is 0 Å². The predicted octanol–water partition coefficient (Wildman–Crippen LogP) is 1.33. The Morgan fingerprint density at radius 1 is 1.23 bits per heavy atom. The molecule has 7 heteroatoms. The number of aryl methyl sites for hydroxylation is 2. The maximum Gasteiger partial charge on any atom is 0.308 e. The van der Waals surface area contributed by atoms with E-state index in [1.54, 1.807) is 19.1 Å². The minimum Gasteiger partial charge on any atom is -0.481 e. The minimum absolute atomic E-state index is 0.211. The van der Waals surface area contributed by atoms with Crippen LogP contribution < -0.4 is 5.56 Å². The van der Waals surface area contributed by atoms with Crippen LogP contribution in [0.5, 0.6) is 0 Å². The molecule has 0 aliphatic heterocycles. The molecule has 112 valence electrons. The van der Waals surface area contributed by atoms with Gasteiger partial charge in [0.25, 0.3) is 5.56 Å². The number of aliphatic carboxylic acids is 1. The largest absolute Gasteiger partial charge is 0.481 e. The fraction of sp³-hybridized carbons (Fsp3) is 0.200. The molecule has 0 saturated carbocycles. The van der Waals surface area contributed by atoms with Crippen LogP contribution in [0.1, 0.15) is 16.8 Å². The number of carboxylic acids is 1. The lowest BCUT2D eigenvalue weighted by Crippen LogP contribution is -2.19. The Bertz CT molecular complexity index is 922. The number of aromatic nitrogens is 4. The highest BCUT2D eigenvalue weighted by Gasteiger charge is 2.17. The summed E-state index contributed by atoms with van der Waals surface area (Å²) in [5, 5.41) is 19.8. The van der Waals surface area contributed by atoms with Gasteiger partial charge < -0.3 is 5.11 Å². The summed E-state index contributed by atoms with van der Waals surface area (Å²) >= 11 is 0. The van der Waals surface area contributed by atoms with Crippen molar-refractivity contribution in [3.05, 3.63) is 51.4 Å². The van der Waals surface area contributed by atoms with Crippen molar-refractivity contribution in [3.8, 4) is 11.3 Å². The third-order valence-corrected chi connectivity index (χ3v) is 3.52. The van der Waals surface area contributed by atoms with E-state index in [1.165, 1.54) is 4.52 Å². The lowest BCUT2D eigenvalue weighted by molar-refractivity contribution is -0.136. The number of hydrogen-bond acceptors (Lipinski definition) is 4. The van der Waals surface area contributed by atoms with Crippen LogP contribution >= 0.6 is 0 Å². The van der Waals surface area contributed by atoms with Crippen molar-refractivity contribution >= 4 is 11.6 Å². The number of fused-ring (bicyclic) bond motifs is 1. The van der Waals surface area contributed by atoms with Crippen LogP contribution in [0.4, 0.5) is 0 Å². The maximum absolute atomic E-state index is 12.5. The Balaban J connectivity index is 2.21. The molecule has 0 atom stereocenters. The zero-order chi connectivity index (χ0) is 15.9. The third kappa shape index (κ3) is 2.26. The van der Waals surface area contributed by atoms with E-state index in [2.05, 4.69) is 15.3 Å². The molecule has 2 aromatic heterocycles. The topological polar surface area (TPSA) is 100 Å². The van der Waals surface area contributed by atoms with Gasteiger partial charge >= 0.3 is 5.97 Å². The van der Waals surface area contributed by atoms with Crippen LogP contribution in [0.3, 0.4) is 0 Å². The molecule has 0 bridgehead atoms. The van der Waals surface area contributed by atoms with Gasteiger partial charge in [-0.15, -0.1) is 10.2 Å². The van der Waals surface area contributed by atoms with Crippen molar-refractivity contribution in [1.82, 2.24) is 19.8 Å². The van der Waals surface area contributed by atoms with Crippen LogP contribution in [0.15, 0.2) is 29.1 Å². The van der Waals surface area contributed by atoms with Crippen molar-refractivity contribution in [2.45, 2.75) is 20.3 Å². The standard InChI is InChI=1S/C15H14N4O3/c1-8-3-5-10(6-4-8)13-15(22)19-14(17-16-13)11(7-12(20)21)9(2)18-19/h3-6,18H,7H2,1-2H3,(H,20,21).